The lowest BCUT2D eigenvalue weighted by Crippen LogP contribution is -2.28. The Morgan fingerprint density at radius 1 is 1.53 bits per heavy atom. The highest BCUT2D eigenvalue weighted by Gasteiger charge is 2.11. The van der Waals surface area contributed by atoms with Crippen molar-refractivity contribution >= 4 is 29.4 Å². The maximum absolute atomic E-state index is 11.7. The van der Waals surface area contributed by atoms with E-state index in [1.807, 2.05) is 30.5 Å². The fourth-order valence-electron chi connectivity index (χ4n) is 1.32. The third kappa shape index (κ3) is 2.86. The van der Waals surface area contributed by atoms with Crippen molar-refractivity contribution in [2.75, 3.05) is 24.0 Å². The highest BCUT2D eigenvalue weighted by Crippen LogP contribution is 2.20. The molecule has 2 nitrogen and oxygen atoms in total. The van der Waals surface area contributed by atoms with Gasteiger partial charge in [0.1, 0.15) is 0 Å². The molecule has 0 aliphatic carbocycles. The molecular formula is C12H15NOS. The number of nitrogens with zero attached hydrogens (tertiary/aromatic N) is 1. The van der Waals surface area contributed by atoms with Crippen molar-refractivity contribution in [2.24, 2.45) is 0 Å². The fraction of sp³-hybridized carbons (Fsp3) is 0.250. The number of rotatable bonds is 4. The van der Waals surface area contributed by atoms with Crippen molar-refractivity contribution in [3.63, 3.8) is 0 Å². The molecule has 0 saturated heterocycles. The van der Waals surface area contributed by atoms with Gasteiger partial charge in [-0.25, -0.2) is 0 Å². The van der Waals surface area contributed by atoms with Gasteiger partial charge >= 0.3 is 0 Å². The molecule has 80 valence electrons. The van der Waals surface area contributed by atoms with E-state index in [4.69, 9.17) is 0 Å². The van der Waals surface area contributed by atoms with Gasteiger partial charge in [-0.15, -0.1) is 0 Å². The molecular weight excluding hydrogens is 206 g/mol. The average molecular weight is 221 g/mol. The summed E-state index contributed by atoms with van der Waals surface area (Å²) in [4.78, 5) is 13.4. The highest BCUT2D eigenvalue weighted by atomic mass is 32.2. The number of carbonyl (C=O) groups is 1. The fourth-order valence-corrected chi connectivity index (χ4v) is 1.76. The molecule has 1 rings (SSSR count). The summed E-state index contributed by atoms with van der Waals surface area (Å²) in [6.45, 7) is 3.74. The summed E-state index contributed by atoms with van der Waals surface area (Å²) in [5.74, 6) is 0.610. The lowest BCUT2D eigenvalue weighted by atomic mass is 10.1. The van der Waals surface area contributed by atoms with Gasteiger partial charge in [0.25, 0.3) is 0 Å². The maximum atomic E-state index is 11.7. The summed E-state index contributed by atoms with van der Waals surface area (Å²) in [7, 11) is 1.79. The molecule has 1 amide bonds. The molecule has 0 spiro atoms. The van der Waals surface area contributed by atoms with E-state index in [0.29, 0.717) is 5.75 Å². The predicted molar refractivity (Wildman–Crippen MR) is 68.3 cm³/mol. The van der Waals surface area contributed by atoms with Gasteiger partial charge in [0.2, 0.25) is 5.91 Å². The summed E-state index contributed by atoms with van der Waals surface area (Å²) >= 11 is 1.53. The van der Waals surface area contributed by atoms with Crippen LogP contribution in [0.2, 0.25) is 0 Å². The Labute approximate surface area is 95.0 Å². The van der Waals surface area contributed by atoms with E-state index in [1.54, 1.807) is 18.0 Å². The van der Waals surface area contributed by atoms with Gasteiger partial charge in [0.05, 0.1) is 11.4 Å². The van der Waals surface area contributed by atoms with Gasteiger partial charge in [0, 0.05) is 7.05 Å². The molecule has 1 aromatic carbocycles. The topological polar surface area (TPSA) is 20.3 Å². The second kappa shape index (κ2) is 5.61. The van der Waals surface area contributed by atoms with Gasteiger partial charge in [-0.3, -0.25) is 4.79 Å². The van der Waals surface area contributed by atoms with Crippen molar-refractivity contribution in [2.45, 2.75) is 0 Å². The Bertz CT molecular complexity index is 362. The summed E-state index contributed by atoms with van der Waals surface area (Å²) in [6.07, 6.45) is 3.68. The maximum Gasteiger partial charge on any atom is 0.236 e. The Morgan fingerprint density at radius 2 is 2.20 bits per heavy atom. The molecule has 0 aromatic heterocycles. The molecule has 0 fully saturated rings. The lowest BCUT2D eigenvalue weighted by molar-refractivity contribution is -0.115. The van der Waals surface area contributed by atoms with E-state index in [-0.39, 0.29) is 5.91 Å². The van der Waals surface area contributed by atoms with E-state index >= 15 is 0 Å². The molecule has 0 radical (unpaired) electrons. The van der Waals surface area contributed by atoms with Crippen molar-refractivity contribution in [3.05, 3.63) is 36.4 Å². The van der Waals surface area contributed by atoms with Crippen LogP contribution in [0.15, 0.2) is 30.8 Å². The van der Waals surface area contributed by atoms with E-state index < -0.39 is 0 Å². The molecule has 0 N–H and O–H groups in total. The van der Waals surface area contributed by atoms with Gasteiger partial charge in [-0.1, -0.05) is 30.9 Å². The molecule has 15 heavy (non-hydrogen) atoms. The quantitative estimate of drug-likeness (QED) is 0.779. The van der Waals surface area contributed by atoms with Crippen molar-refractivity contribution < 1.29 is 4.79 Å². The molecule has 0 heterocycles. The zero-order valence-corrected chi connectivity index (χ0v) is 9.88. The van der Waals surface area contributed by atoms with Crippen LogP contribution in [0.4, 0.5) is 5.69 Å². The van der Waals surface area contributed by atoms with Gasteiger partial charge < -0.3 is 4.90 Å². The van der Waals surface area contributed by atoms with Crippen molar-refractivity contribution in [1.82, 2.24) is 0 Å². The molecule has 0 atom stereocenters. The average Bonchev–Trinajstić information content (AvgIpc) is 2.28. The Hall–Kier alpha value is -1.22. The highest BCUT2D eigenvalue weighted by molar-refractivity contribution is 7.99. The smallest absolute Gasteiger partial charge is 0.236 e. The first-order valence-electron chi connectivity index (χ1n) is 4.67. The first-order valence-corrected chi connectivity index (χ1v) is 6.07. The van der Waals surface area contributed by atoms with Crippen LogP contribution in [0.3, 0.4) is 0 Å². The zero-order valence-electron chi connectivity index (χ0n) is 9.06. The first-order chi connectivity index (χ1) is 7.20. The normalized spacial score (nSPS) is 9.73. The number of thioether (sulfide) groups is 1. The van der Waals surface area contributed by atoms with E-state index in [1.165, 1.54) is 11.8 Å². The van der Waals surface area contributed by atoms with Crippen molar-refractivity contribution in [1.29, 1.82) is 0 Å². The number of anilines is 1. The SMILES string of the molecule is C=Cc1ccccc1N(C)C(=O)CSC. The van der Waals surface area contributed by atoms with Crippen LogP contribution in [0.1, 0.15) is 5.56 Å². The standard InChI is InChI=1S/C12H15NOS/c1-4-10-7-5-6-8-11(10)13(2)12(14)9-15-3/h4-8H,1,9H2,2-3H3. The lowest BCUT2D eigenvalue weighted by Gasteiger charge is -2.19. The number of carbonyl (C=O) groups excluding carboxylic acids is 1. The zero-order chi connectivity index (χ0) is 11.3. The molecule has 1 aromatic rings. The van der Waals surface area contributed by atoms with E-state index in [9.17, 15) is 4.79 Å². The monoisotopic (exact) mass is 221 g/mol. The second-order valence-electron chi connectivity index (χ2n) is 3.15. The van der Waals surface area contributed by atoms with Crippen LogP contribution in [-0.2, 0) is 4.79 Å². The van der Waals surface area contributed by atoms with Gasteiger partial charge in [0.15, 0.2) is 0 Å². The summed E-state index contributed by atoms with van der Waals surface area (Å²) in [5.41, 5.74) is 1.89. The molecule has 0 unspecified atom stereocenters. The minimum Gasteiger partial charge on any atom is -0.314 e. The molecule has 0 aliphatic heterocycles. The summed E-state index contributed by atoms with van der Waals surface area (Å²) in [5, 5.41) is 0. The van der Waals surface area contributed by atoms with Crippen LogP contribution in [0, 0.1) is 0 Å². The molecule has 3 heteroatoms. The molecule has 0 saturated carbocycles. The number of hydrogen-bond acceptors (Lipinski definition) is 2. The molecule has 0 aliphatic rings. The minimum atomic E-state index is 0.108. The number of para-hydroxylation sites is 1. The number of hydrogen-bond donors (Lipinski definition) is 0. The van der Waals surface area contributed by atoms with Gasteiger partial charge in [-0.05, 0) is 17.9 Å². The van der Waals surface area contributed by atoms with Crippen molar-refractivity contribution in [3.8, 4) is 0 Å². The van der Waals surface area contributed by atoms with Gasteiger partial charge in [-0.2, -0.15) is 11.8 Å². The summed E-state index contributed by atoms with van der Waals surface area (Å²) < 4.78 is 0. The second-order valence-corrected chi connectivity index (χ2v) is 4.01. The molecule has 0 bridgehead atoms. The number of benzene rings is 1. The predicted octanol–water partition coefficient (Wildman–Crippen LogP) is 2.66. The minimum absolute atomic E-state index is 0.108. The first kappa shape index (κ1) is 11.9. The Morgan fingerprint density at radius 3 is 2.80 bits per heavy atom. The largest absolute Gasteiger partial charge is 0.314 e. The Balaban J connectivity index is 2.94. The third-order valence-corrected chi connectivity index (χ3v) is 2.70. The number of amides is 1. The van der Waals surface area contributed by atoms with Crippen LogP contribution < -0.4 is 4.90 Å². The van der Waals surface area contributed by atoms with Crippen LogP contribution >= 0.6 is 11.8 Å². The van der Waals surface area contributed by atoms with E-state index in [0.717, 1.165) is 11.3 Å². The summed E-state index contributed by atoms with van der Waals surface area (Å²) in [6, 6.07) is 7.74. The Kier molecular flexibility index (Phi) is 4.43. The third-order valence-electron chi connectivity index (χ3n) is 2.16. The van der Waals surface area contributed by atoms with E-state index in [2.05, 4.69) is 6.58 Å². The van der Waals surface area contributed by atoms with Crippen LogP contribution in [0.25, 0.3) is 6.08 Å². The van der Waals surface area contributed by atoms with Crippen LogP contribution in [-0.4, -0.2) is 25.0 Å². The van der Waals surface area contributed by atoms with Crippen LogP contribution in [0.5, 0.6) is 0 Å².